The molecule has 2 heterocycles. The first-order valence-corrected chi connectivity index (χ1v) is 13.5. The van der Waals surface area contributed by atoms with Crippen LogP contribution >= 0.6 is 0 Å². The third-order valence-electron chi connectivity index (χ3n) is 7.93. The van der Waals surface area contributed by atoms with Gasteiger partial charge in [0.05, 0.1) is 12.2 Å². The number of hydrogen-bond donors (Lipinski definition) is 2. The van der Waals surface area contributed by atoms with Gasteiger partial charge in [0.25, 0.3) is 0 Å². The average molecular weight is 526 g/mol. The molecule has 0 aromatic rings. The minimum absolute atomic E-state index is 0.168. The zero-order chi connectivity index (χ0) is 28.2. The van der Waals surface area contributed by atoms with Crippen LogP contribution in [0.1, 0.15) is 67.7 Å². The van der Waals surface area contributed by atoms with E-state index in [1.54, 1.807) is 20.8 Å². The van der Waals surface area contributed by atoms with E-state index in [1.807, 2.05) is 32.8 Å². The highest BCUT2D eigenvalue weighted by Gasteiger charge is 2.44. The highest BCUT2D eigenvalue weighted by Crippen LogP contribution is 2.32. The van der Waals surface area contributed by atoms with Crippen molar-refractivity contribution in [2.24, 2.45) is 23.7 Å². The minimum Gasteiger partial charge on any atom is -0.458 e. The molecule has 11 atom stereocenters. The first kappa shape index (κ1) is 31.6. The number of ketones is 2. The number of Topliss-reactive ketones (excluding diaryl/α,β-unsaturated/α-hetero) is 1. The predicted octanol–water partition coefficient (Wildman–Crippen LogP) is 2.51. The van der Waals surface area contributed by atoms with Gasteiger partial charge in [0.15, 0.2) is 17.9 Å². The minimum atomic E-state index is -1.57. The molecule has 2 N–H and O–H groups in total. The molecule has 212 valence electrons. The van der Waals surface area contributed by atoms with Crippen molar-refractivity contribution >= 4 is 17.5 Å². The number of carbonyl (C=O) groups is 3. The molecule has 0 bridgehead atoms. The van der Waals surface area contributed by atoms with Gasteiger partial charge < -0.3 is 29.3 Å². The van der Waals surface area contributed by atoms with Gasteiger partial charge >= 0.3 is 5.97 Å². The van der Waals surface area contributed by atoms with Crippen molar-refractivity contribution in [2.75, 3.05) is 14.1 Å². The lowest BCUT2D eigenvalue weighted by Crippen LogP contribution is -2.56. The summed E-state index contributed by atoms with van der Waals surface area (Å²) in [7, 11) is 3.77. The van der Waals surface area contributed by atoms with E-state index in [0.717, 1.165) is 0 Å². The van der Waals surface area contributed by atoms with Crippen molar-refractivity contribution in [1.82, 2.24) is 4.90 Å². The molecule has 0 aliphatic carbocycles. The predicted molar refractivity (Wildman–Crippen MR) is 139 cm³/mol. The van der Waals surface area contributed by atoms with Gasteiger partial charge in [-0.1, -0.05) is 27.7 Å². The van der Waals surface area contributed by atoms with Crippen LogP contribution in [0.5, 0.6) is 0 Å². The molecule has 0 aromatic carbocycles. The number of esters is 1. The van der Waals surface area contributed by atoms with Crippen molar-refractivity contribution in [1.29, 1.82) is 0 Å². The topological polar surface area (TPSA) is 123 Å². The molecule has 0 amide bonds. The SMILES string of the molecule is CCC1OC(=O)C(C)C(=O)C(C)C(OC2OC(C)CC(N(C)C)C2O)C(C)CC(C)C(=O)C=CC1(C)O. The van der Waals surface area contributed by atoms with Crippen LogP contribution in [0.25, 0.3) is 0 Å². The Morgan fingerprint density at radius 1 is 1.11 bits per heavy atom. The third kappa shape index (κ3) is 7.69. The molecule has 0 saturated carbocycles. The monoisotopic (exact) mass is 525 g/mol. The summed E-state index contributed by atoms with van der Waals surface area (Å²) in [6.07, 6.45) is 0.318. The average Bonchev–Trinajstić information content (AvgIpc) is 2.83. The number of carbonyl (C=O) groups excluding carboxylic acids is 3. The highest BCUT2D eigenvalue weighted by molar-refractivity contribution is 6.00. The second-order valence-electron chi connectivity index (χ2n) is 11.5. The lowest BCUT2D eigenvalue weighted by Gasteiger charge is -2.43. The fraction of sp³-hybridized carbons (Fsp3) is 0.821. The van der Waals surface area contributed by atoms with Crippen molar-refractivity contribution in [3.63, 3.8) is 0 Å². The van der Waals surface area contributed by atoms with Crippen molar-refractivity contribution < 1.29 is 38.8 Å². The summed E-state index contributed by atoms with van der Waals surface area (Å²) in [5.74, 6) is -3.83. The van der Waals surface area contributed by atoms with Crippen molar-refractivity contribution in [2.45, 2.75) is 110 Å². The van der Waals surface area contributed by atoms with Crippen LogP contribution in [0.15, 0.2) is 12.2 Å². The summed E-state index contributed by atoms with van der Waals surface area (Å²) >= 11 is 0. The maximum absolute atomic E-state index is 13.5. The van der Waals surface area contributed by atoms with Gasteiger partial charge in [-0.25, -0.2) is 0 Å². The fourth-order valence-corrected chi connectivity index (χ4v) is 5.42. The number of hydrogen-bond acceptors (Lipinski definition) is 9. The molecule has 1 fully saturated rings. The molecule has 1 saturated heterocycles. The molecule has 0 spiro atoms. The maximum atomic E-state index is 13.5. The number of allylic oxidation sites excluding steroid dienone is 1. The third-order valence-corrected chi connectivity index (χ3v) is 7.93. The van der Waals surface area contributed by atoms with E-state index < -0.39 is 53.9 Å². The van der Waals surface area contributed by atoms with E-state index in [4.69, 9.17) is 14.2 Å². The van der Waals surface area contributed by atoms with Gasteiger partial charge in [0.1, 0.15) is 23.7 Å². The van der Waals surface area contributed by atoms with Crippen LogP contribution in [0, 0.1) is 23.7 Å². The Labute approximate surface area is 221 Å². The van der Waals surface area contributed by atoms with Gasteiger partial charge in [-0.2, -0.15) is 0 Å². The van der Waals surface area contributed by atoms with Crippen LogP contribution in [0.4, 0.5) is 0 Å². The Balaban J connectivity index is 2.44. The second-order valence-corrected chi connectivity index (χ2v) is 11.5. The molecule has 11 unspecified atom stereocenters. The van der Waals surface area contributed by atoms with Crippen molar-refractivity contribution in [3.8, 4) is 0 Å². The van der Waals surface area contributed by atoms with E-state index in [1.165, 1.54) is 26.0 Å². The Morgan fingerprint density at radius 2 is 1.73 bits per heavy atom. The largest absolute Gasteiger partial charge is 0.458 e. The number of likely N-dealkylation sites (N-methyl/N-ethyl adjacent to an activating group) is 1. The molecule has 9 heteroatoms. The summed E-state index contributed by atoms with van der Waals surface area (Å²) < 4.78 is 17.9. The Bertz CT molecular complexity index is 840. The molecular weight excluding hydrogens is 478 g/mol. The summed E-state index contributed by atoms with van der Waals surface area (Å²) in [6, 6.07) is -0.188. The van der Waals surface area contributed by atoms with Gasteiger partial charge in [-0.3, -0.25) is 14.4 Å². The standard InChI is InChI=1S/C28H47NO8/c1-10-22-28(7,34)12-11-21(30)15(2)13-16(3)25(18(5)23(31)19(6)26(33)36-22)37-27-24(32)20(29(8)9)14-17(4)35-27/h11-12,15-20,22,24-25,27,32,34H,10,13-14H2,1-9H3. The van der Waals surface area contributed by atoms with E-state index in [-0.39, 0.29) is 29.6 Å². The Kier molecular flexibility index (Phi) is 11.0. The van der Waals surface area contributed by atoms with Crippen LogP contribution in [0.3, 0.4) is 0 Å². The van der Waals surface area contributed by atoms with Gasteiger partial charge in [-0.15, -0.1) is 0 Å². The number of cyclic esters (lactones) is 1. The molecule has 2 aliphatic rings. The zero-order valence-electron chi connectivity index (χ0n) is 23.8. The van der Waals surface area contributed by atoms with Gasteiger partial charge in [0, 0.05) is 17.9 Å². The smallest absolute Gasteiger partial charge is 0.316 e. The Morgan fingerprint density at radius 3 is 2.30 bits per heavy atom. The van der Waals surface area contributed by atoms with E-state index in [0.29, 0.717) is 19.3 Å². The lowest BCUT2D eigenvalue weighted by molar-refractivity contribution is -0.278. The number of aliphatic hydroxyl groups excluding tert-OH is 1. The molecule has 0 radical (unpaired) electrons. The Hall–Kier alpha value is -1.65. The molecule has 0 aromatic heterocycles. The molecular formula is C28H47NO8. The summed E-state index contributed by atoms with van der Waals surface area (Å²) in [5, 5.41) is 21.9. The number of rotatable bonds is 4. The van der Waals surface area contributed by atoms with Crippen LogP contribution in [-0.4, -0.2) is 89.1 Å². The molecule has 37 heavy (non-hydrogen) atoms. The number of nitrogens with zero attached hydrogens (tertiary/aromatic N) is 1. The molecule has 2 aliphatic heterocycles. The number of aliphatic hydroxyl groups is 2. The van der Waals surface area contributed by atoms with Crippen LogP contribution < -0.4 is 0 Å². The molecule has 2 rings (SSSR count). The first-order chi connectivity index (χ1) is 17.1. The maximum Gasteiger partial charge on any atom is 0.316 e. The van der Waals surface area contributed by atoms with Crippen LogP contribution in [-0.2, 0) is 28.6 Å². The summed E-state index contributed by atoms with van der Waals surface area (Å²) in [5.41, 5.74) is -1.57. The zero-order valence-corrected chi connectivity index (χ0v) is 23.8. The summed E-state index contributed by atoms with van der Waals surface area (Å²) in [4.78, 5) is 41.3. The first-order valence-electron chi connectivity index (χ1n) is 13.5. The number of ether oxygens (including phenoxy) is 3. The fourth-order valence-electron chi connectivity index (χ4n) is 5.42. The van der Waals surface area contributed by atoms with Gasteiger partial charge in [-0.05, 0) is 72.2 Å². The van der Waals surface area contributed by atoms with E-state index in [9.17, 15) is 24.6 Å². The van der Waals surface area contributed by atoms with Gasteiger partial charge in [0.2, 0.25) is 0 Å². The van der Waals surface area contributed by atoms with E-state index >= 15 is 0 Å². The second kappa shape index (κ2) is 12.9. The van der Waals surface area contributed by atoms with E-state index in [2.05, 4.69) is 0 Å². The van der Waals surface area contributed by atoms with Crippen LogP contribution in [0.2, 0.25) is 0 Å². The normalized spacial score (nSPS) is 43.0. The van der Waals surface area contributed by atoms with Crippen molar-refractivity contribution in [3.05, 3.63) is 12.2 Å². The quantitative estimate of drug-likeness (QED) is 0.421. The highest BCUT2D eigenvalue weighted by atomic mass is 16.7. The lowest BCUT2D eigenvalue weighted by atomic mass is 9.80. The molecule has 9 nitrogen and oxygen atoms in total. The summed E-state index contributed by atoms with van der Waals surface area (Å²) in [6.45, 7) is 12.0.